The zero-order chi connectivity index (χ0) is 31.2. The molecule has 8 nitrogen and oxygen atoms in total. The van der Waals surface area contributed by atoms with Gasteiger partial charge in [0.05, 0.1) is 16.9 Å². The van der Waals surface area contributed by atoms with Crippen LogP contribution in [0.1, 0.15) is 22.3 Å². The van der Waals surface area contributed by atoms with Crippen molar-refractivity contribution in [2.24, 2.45) is 0 Å². The summed E-state index contributed by atoms with van der Waals surface area (Å²) in [5.74, 6) is 0.943. The van der Waals surface area contributed by atoms with Crippen LogP contribution in [0.2, 0.25) is 5.02 Å². The van der Waals surface area contributed by atoms with E-state index in [1.807, 2.05) is 32.2 Å². The van der Waals surface area contributed by atoms with Crippen molar-refractivity contribution in [1.29, 1.82) is 0 Å². The quantitative estimate of drug-likeness (QED) is 0.243. The van der Waals surface area contributed by atoms with Gasteiger partial charge in [0, 0.05) is 24.5 Å². The predicted octanol–water partition coefficient (Wildman–Crippen LogP) is 6.04. The molecule has 43 heavy (non-hydrogen) atoms. The first-order chi connectivity index (χ1) is 20.4. The van der Waals surface area contributed by atoms with Gasteiger partial charge in [0.15, 0.2) is 0 Å². The number of fused-ring (bicyclic) bond motifs is 1. The van der Waals surface area contributed by atoms with Gasteiger partial charge in [0.25, 0.3) is 10.1 Å². The van der Waals surface area contributed by atoms with Crippen molar-refractivity contribution in [2.75, 3.05) is 27.2 Å². The van der Waals surface area contributed by atoms with Crippen LogP contribution in [0.4, 0.5) is 0 Å². The highest BCUT2D eigenvalue weighted by Gasteiger charge is 2.25. The summed E-state index contributed by atoms with van der Waals surface area (Å²) in [6, 6.07) is 23.4. The van der Waals surface area contributed by atoms with E-state index in [9.17, 15) is 16.8 Å². The van der Waals surface area contributed by atoms with E-state index in [4.69, 9.17) is 25.6 Å². The van der Waals surface area contributed by atoms with Crippen LogP contribution in [0.15, 0.2) is 99.6 Å². The Hall–Kier alpha value is -3.41. The summed E-state index contributed by atoms with van der Waals surface area (Å²) in [6.07, 6.45) is 2.89. The summed E-state index contributed by atoms with van der Waals surface area (Å²) in [4.78, 5) is 2.52. The van der Waals surface area contributed by atoms with Gasteiger partial charge < -0.3 is 14.4 Å². The smallest absolute Gasteiger partial charge is 0.294 e. The Labute approximate surface area is 258 Å². The Morgan fingerprint density at radius 1 is 0.884 bits per heavy atom. The molecule has 0 aromatic heterocycles. The number of hydrogen-bond acceptors (Lipinski definition) is 7. The minimum atomic E-state index is -4.02. The molecule has 1 aliphatic rings. The fourth-order valence-electron chi connectivity index (χ4n) is 4.35. The second-order valence-corrected chi connectivity index (χ2v) is 13.9. The lowest BCUT2D eigenvalue weighted by Gasteiger charge is -2.15. The summed E-state index contributed by atoms with van der Waals surface area (Å²) < 4.78 is 67.6. The van der Waals surface area contributed by atoms with Crippen molar-refractivity contribution in [3.05, 3.63) is 119 Å². The highest BCUT2D eigenvalue weighted by molar-refractivity contribution is 7.91. The standard InChI is InChI=1S/C25H25ClNO4S.C7H8O3S/c1-27-13-11-19-15-24(30-2)25(16-20(19)12-14-27)32(28,29)23-9-7-22(8-10-23)31-17-18-3-5-21(26)6-4-18;1-6-2-4-7(5-3-6)11(8,9)10/h3-11,15-16H,12-14,17H2,1-2H3;2-5H,1H3,(H,8,9,10). The monoisotopic (exact) mass is 642 g/mol. The van der Waals surface area contributed by atoms with Crippen LogP contribution in [0.5, 0.6) is 11.5 Å². The molecule has 4 aromatic carbocycles. The second kappa shape index (κ2) is 13.9. The van der Waals surface area contributed by atoms with Gasteiger partial charge in [-0.1, -0.05) is 41.4 Å². The van der Waals surface area contributed by atoms with Crippen molar-refractivity contribution >= 4 is 31.6 Å². The predicted molar refractivity (Wildman–Crippen MR) is 166 cm³/mol. The topological polar surface area (TPSA) is 110 Å². The van der Waals surface area contributed by atoms with Crippen LogP contribution in [0.3, 0.4) is 0 Å². The molecule has 11 heteroatoms. The zero-order valence-electron chi connectivity index (χ0n) is 24.0. The average molecular weight is 643 g/mol. The molecule has 5 rings (SSSR count). The number of hydrogen-bond donors (Lipinski definition) is 1. The maximum atomic E-state index is 13.4. The Morgan fingerprint density at radius 3 is 2.12 bits per heavy atom. The molecule has 1 heterocycles. The molecule has 227 valence electrons. The summed E-state index contributed by atoms with van der Waals surface area (Å²) in [5, 5.41) is 0.668. The van der Waals surface area contributed by atoms with Crippen LogP contribution in [-0.4, -0.2) is 53.5 Å². The van der Waals surface area contributed by atoms with E-state index in [0.717, 1.165) is 41.8 Å². The van der Waals surface area contributed by atoms with E-state index in [2.05, 4.69) is 11.3 Å². The van der Waals surface area contributed by atoms with Crippen molar-refractivity contribution in [2.45, 2.75) is 34.6 Å². The minimum Gasteiger partial charge on any atom is -0.495 e. The van der Waals surface area contributed by atoms with Crippen molar-refractivity contribution in [3.63, 3.8) is 0 Å². The normalized spacial score (nSPS) is 13.7. The van der Waals surface area contributed by atoms with Gasteiger partial charge in [0.1, 0.15) is 23.0 Å². The van der Waals surface area contributed by atoms with Crippen molar-refractivity contribution in [1.82, 2.24) is 4.90 Å². The van der Waals surface area contributed by atoms with Gasteiger partial charge in [-0.2, -0.15) is 8.42 Å². The van der Waals surface area contributed by atoms with Gasteiger partial charge in [-0.05, 0) is 97.7 Å². The molecule has 0 unspecified atom stereocenters. The summed E-state index contributed by atoms with van der Waals surface area (Å²) in [6.45, 7) is 3.90. The number of aryl methyl sites for hydroxylation is 1. The Balaban J connectivity index is 0.000000324. The molecule has 1 radical (unpaired) electrons. The van der Waals surface area contributed by atoms with Crippen LogP contribution in [0.25, 0.3) is 0 Å². The first kappa shape index (κ1) is 32.5. The second-order valence-electron chi connectivity index (χ2n) is 10.1. The van der Waals surface area contributed by atoms with E-state index in [-0.39, 0.29) is 14.7 Å². The van der Waals surface area contributed by atoms with Gasteiger partial charge in [-0.15, -0.1) is 0 Å². The third kappa shape index (κ3) is 8.58. The molecular weight excluding hydrogens is 610 g/mol. The molecule has 1 aliphatic heterocycles. The highest BCUT2D eigenvalue weighted by Crippen LogP contribution is 2.34. The number of sulfone groups is 1. The first-order valence-corrected chi connectivity index (χ1v) is 16.7. The third-order valence-electron chi connectivity index (χ3n) is 6.87. The van der Waals surface area contributed by atoms with Crippen LogP contribution >= 0.6 is 11.6 Å². The van der Waals surface area contributed by atoms with E-state index in [1.165, 1.54) is 19.2 Å². The lowest BCUT2D eigenvalue weighted by molar-refractivity contribution is 0.306. The largest absolute Gasteiger partial charge is 0.495 e. The highest BCUT2D eigenvalue weighted by atomic mass is 35.5. The number of benzene rings is 4. The Morgan fingerprint density at radius 2 is 1.51 bits per heavy atom. The van der Waals surface area contributed by atoms with Gasteiger partial charge in [-0.25, -0.2) is 8.42 Å². The molecule has 0 atom stereocenters. The van der Waals surface area contributed by atoms with E-state index < -0.39 is 20.0 Å². The zero-order valence-corrected chi connectivity index (χ0v) is 26.4. The SMILES string of the molecule is COc1cc2c(cc1S(=O)(=O)c1ccc(OCc3ccc(Cl)cc3)cc1)CCN(C)C[CH]2.Cc1ccc(S(=O)(=O)O)cc1. The molecule has 0 saturated heterocycles. The number of methoxy groups -OCH3 is 1. The average Bonchev–Trinajstić information content (AvgIpc) is 3.17. The summed E-state index contributed by atoms with van der Waals surface area (Å²) in [5.41, 5.74) is 3.97. The first-order valence-electron chi connectivity index (χ1n) is 13.4. The molecule has 0 saturated carbocycles. The molecule has 0 bridgehead atoms. The van der Waals surface area contributed by atoms with Gasteiger partial charge >= 0.3 is 0 Å². The molecule has 0 aliphatic carbocycles. The number of rotatable bonds is 7. The number of nitrogens with zero attached hydrogens (tertiary/aromatic N) is 1. The molecule has 1 N–H and O–H groups in total. The van der Waals surface area contributed by atoms with E-state index in [1.54, 1.807) is 54.6 Å². The van der Waals surface area contributed by atoms with Gasteiger partial charge in [-0.3, -0.25) is 4.55 Å². The van der Waals surface area contributed by atoms with Crippen LogP contribution in [0, 0.1) is 13.3 Å². The maximum absolute atomic E-state index is 13.4. The summed E-state index contributed by atoms with van der Waals surface area (Å²) in [7, 11) is -4.22. The van der Waals surface area contributed by atoms with Crippen molar-refractivity contribution < 1.29 is 30.9 Å². The molecule has 0 amide bonds. The fourth-order valence-corrected chi connectivity index (χ4v) is 6.41. The molecular formula is C32H33ClNO7S2. The molecule has 4 aromatic rings. The number of ether oxygens (including phenoxy) is 2. The third-order valence-corrected chi connectivity index (χ3v) is 9.78. The van der Waals surface area contributed by atoms with Crippen LogP contribution < -0.4 is 9.47 Å². The van der Waals surface area contributed by atoms with E-state index >= 15 is 0 Å². The maximum Gasteiger partial charge on any atom is 0.294 e. The number of likely N-dealkylation sites (N-methyl/N-ethyl adjacent to an activating group) is 1. The Kier molecular flexibility index (Phi) is 10.5. The fraction of sp³-hybridized carbons (Fsp3) is 0.219. The lowest BCUT2D eigenvalue weighted by Crippen LogP contribution is -2.20. The lowest BCUT2D eigenvalue weighted by atomic mass is 10.0. The van der Waals surface area contributed by atoms with Gasteiger partial charge in [0.2, 0.25) is 9.84 Å². The molecule has 0 fully saturated rings. The minimum absolute atomic E-state index is 0.0666. The van der Waals surface area contributed by atoms with Crippen LogP contribution in [-0.2, 0) is 33.0 Å². The van der Waals surface area contributed by atoms with E-state index in [0.29, 0.717) is 23.1 Å². The Bertz CT molecular complexity index is 1760. The number of halogens is 1. The van der Waals surface area contributed by atoms with Crippen molar-refractivity contribution in [3.8, 4) is 11.5 Å². The molecule has 0 spiro atoms. The summed E-state index contributed by atoms with van der Waals surface area (Å²) >= 11 is 5.90.